The van der Waals surface area contributed by atoms with Crippen molar-refractivity contribution in [3.63, 3.8) is 0 Å². The molecule has 0 unspecified atom stereocenters. The zero-order valence-electron chi connectivity index (χ0n) is 20.4. The van der Waals surface area contributed by atoms with Crippen LogP contribution in [0.3, 0.4) is 0 Å². The number of rotatable bonds is 2. The summed E-state index contributed by atoms with van der Waals surface area (Å²) in [6.45, 7) is 8.08. The van der Waals surface area contributed by atoms with Crippen molar-refractivity contribution >= 4 is 11.8 Å². The number of ether oxygens (including phenoxy) is 2. The number of carbonyl (C=O) groups is 2. The summed E-state index contributed by atoms with van der Waals surface area (Å²) >= 11 is 0. The van der Waals surface area contributed by atoms with E-state index in [-0.39, 0.29) is 17.7 Å². The molecule has 9 atom stereocenters. The Kier molecular flexibility index (Phi) is 4.80. The number of carbonyl (C=O) groups excluding carboxylic acids is 2. The van der Waals surface area contributed by atoms with E-state index in [4.69, 9.17) is 14.7 Å². The van der Waals surface area contributed by atoms with Gasteiger partial charge in [0.25, 0.3) is 0 Å². The lowest BCUT2D eigenvalue weighted by Gasteiger charge is -2.74. The molecule has 1 aromatic rings. The Morgan fingerprint density at radius 2 is 1.89 bits per heavy atom. The molecule has 0 aromatic heterocycles. The number of ketones is 1. The number of nitriles is 1. The van der Waals surface area contributed by atoms with Crippen molar-refractivity contribution in [2.24, 2.45) is 34.0 Å². The van der Waals surface area contributed by atoms with Crippen molar-refractivity contribution in [3.8, 4) is 6.07 Å². The SMILES string of the molecule is C=C1C(=O)[C@]23[C@H](OC(=O)c4ccc(C#N)cc4)[C@H]1CC[C@H]2[C@@]12CO[C@]3(O)[C@@H](O)[C@@H]1C(C)(C)CC[C@@H]2O. The molecule has 2 heterocycles. The van der Waals surface area contributed by atoms with Crippen LogP contribution >= 0.6 is 0 Å². The quantitative estimate of drug-likeness (QED) is 0.421. The molecule has 0 amide bonds. The maximum atomic E-state index is 14.1. The number of hydrogen-bond donors (Lipinski definition) is 3. The molecule has 6 fully saturated rings. The van der Waals surface area contributed by atoms with Gasteiger partial charge < -0.3 is 24.8 Å². The third-order valence-electron chi connectivity index (χ3n) is 10.3. The van der Waals surface area contributed by atoms with Crippen LogP contribution in [0.1, 0.15) is 55.5 Å². The zero-order valence-corrected chi connectivity index (χ0v) is 20.4. The monoisotopic (exact) mass is 493 g/mol. The fourth-order valence-corrected chi connectivity index (χ4v) is 8.90. The van der Waals surface area contributed by atoms with Gasteiger partial charge in [0.15, 0.2) is 5.78 Å². The molecule has 2 aliphatic heterocycles. The molecule has 4 bridgehead atoms. The van der Waals surface area contributed by atoms with Gasteiger partial charge in [-0.2, -0.15) is 5.26 Å². The van der Waals surface area contributed by atoms with Gasteiger partial charge in [-0.15, -0.1) is 0 Å². The summed E-state index contributed by atoms with van der Waals surface area (Å²) < 4.78 is 12.0. The van der Waals surface area contributed by atoms with Crippen LogP contribution in [0.2, 0.25) is 0 Å². The van der Waals surface area contributed by atoms with Gasteiger partial charge in [0.1, 0.15) is 17.6 Å². The van der Waals surface area contributed by atoms with Crippen LogP contribution in [0.15, 0.2) is 36.4 Å². The van der Waals surface area contributed by atoms with Gasteiger partial charge in [0.2, 0.25) is 5.79 Å². The van der Waals surface area contributed by atoms with E-state index in [2.05, 4.69) is 6.58 Å². The molecule has 7 rings (SSSR count). The highest BCUT2D eigenvalue weighted by Crippen LogP contribution is 2.76. The Morgan fingerprint density at radius 3 is 2.56 bits per heavy atom. The average molecular weight is 494 g/mol. The molecule has 36 heavy (non-hydrogen) atoms. The first-order valence-electron chi connectivity index (χ1n) is 12.6. The van der Waals surface area contributed by atoms with Gasteiger partial charge >= 0.3 is 5.97 Å². The molecule has 3 N–H and O–H groups in total. The van der Waals surface area contributed by atoms with Gasteiger partial charge in [-0.3, -0.25) is 4.79 Å². The van der Waals surface area contributed by atoms with Gasteiger partial charge in [-0.25, -0.2) is 4.79 Å². The summed E-state index contributed by atoms with van der Waals surface area (Å²) in [5.41, 5.74) is -2.31. The lowest BCUT2D eigenvalue weighted by molar-refractivity contribution is -0.457. The first-order chi connectivity index (χ1) is 17.0. The second-order valence-corrected chi connectivity index (χ2v) is 12.0. The van der Waals surface area contributed by atoms with Gasteiger partial charge in [0.05, 0.1) is 29.9 Å². The topological polar surface area (TPSA) is 137 Å². The summed E-state index contributed by atoms with van der Waals surface area (Å²) in [6.07, 6.45) is -1.23. The number of aliphatic hydroxyl groups is 3. The smallest absolute Gasteiger partial charge is 0.338 e. The van der Waals surface area contributed by atoms with Crippen molar-refractivity contribution in [2.75, 3.05) is 6.61 Å². The van der Waals surface area contributed by atoms with E-state index >= 15 is 0 Å². The van der Waals surface area contributed by atoms with Crippen molar-refractivity contribution in [2.45, 2.75) is 63.6 Å². The molecule has 190 valence electrons. The predicted molar refractivity (Wildman–Crippen MR) is 125 cm³/mol. The van der Waals surface area contributed by atoms with Crippen LogP contribution in [0, 0.1) is 45.3 Å². The molecule has 8 heteroatoms. The molecule has 4 saturated carbocycles. The van der Waals surface area contributed by atoms with Crippen LogP contribution in [0.4, 0.5) is 0 Å². The van der Waals surface area contributed by atoms with Crippen molar-refractivity contribution in [3.05, 3.63) is 47.5 Å². The van der Waals surface area contributed by atoms with Crippen molar-refractivity contribution in [1.29, 1.82) is 5.26 Å². The van der Waals surface area contributed by atoms with Crippen LogP contribution in [0.5, 0.6) is 0 Å². The molecular formula is C28H31NO7. The molecule has 4 aliphatic carbocycles. The molecule has 2 spiro atoms. The third kappa shape index (κ3) is 2.48. The Labute approximate surface area is 209 Å². The summed E-state index contributed by atoms with van der Waals surface area (Å²) in [4.78, 5) is 27.4. The van der Waals surface area contributed by atoms with Crippen LogP contribution in [-0.2, 0) is 14.3 Å². The molecule has 1 aromatic carbocycles. The fourth-order valence-electron chi connectivity index (χ4n) is 8.90. The van der Waals surface area contributed by atoms with E-state index in [0.29, 0.717) is 31.2 Å². The van der Waals surface area contributed by atoms with E-state index < -0.39 is 69.9 Å². The minimum absolute atomic E-state index is 0.0168. The molecule has 6 aliphatic rings. The minimum Gasteiger partial charge on any atom is -0.457 e. The molecular weight excluding hydrogens is 462 g/mol. The zero-order chi connectivity index (χ0) is 25.8. The second-order valence-electron chi connectivity index (χ2n) is 12.0. The maximum Gasteiger partial charge on any atom is 0.338 e. The highest BCUT2D eigenvalue weighted by Gasteiger charge is 2.87. The van der Waals surface area contributed by atoms with Gasteiger partial charge in [0, 0.05) is 17.3 Å². The number of Topliss-reactive ketones (excluding diaryl/α,β-unsaturated/α-hetero) is 1. The first-order valence-corrected chi connectivity index (χ1v) is 12.6. The van der Waals surface area contributed by atoms with Crippen molar-refractivity contribution < 1.29 is 34.4 Å². The van der Waals surface area contributed by atoms with E-state index in [1.54, 1.807) is 0 Å². The highest BCUT2D eigenvalue weighted by molar-refractivity contribution is 6.05. The first kappa shape index (κ1) is 23.8. The lowest BCUT2D eigenvalue weighted by Crippen LogP contribution is -2.85. The fraction of sp³-hybridized carbons (Fsp3) is 0.607. The number of aliphatic hydroxyl groups excluding tert-OH is 2. The number of nitrogens with zero attached hydrogens (tertiary/aromatic N) is 1. The summed E-state index contributed by atoms with van der Waals surface area (Å²) in [5, 5.41) is 44.5. The molecule has 8 nitrogen and oxygen atoms in total. The Hall–Kier alpha value is -2.57. The Bertz CT molecular complexity index is 1220. The van der Waals surface area contributed by atoms with E-state index in [1.165, 1.54) is 24.3 Å². The number of esters is 1. The Morgan fingerprint density at radius 1 is 1.19 bits per heavy atom. The van der Waals surface area contributed by atoms with Gasteiger partial charge in [-0.05, 0) is 66.9 Å². The minimum atomic E-state index is -2.29. The normalized spacial score (nSPS) is 46.0. The Balaban J connectivity index is 1.50. The molecule has 0 radical (unpaired) electrons. The van der Waals surface area contributed by atoms with Crippen LogP contribution in [0.25, 0.3) is 0 Å². The summed E-state index contributed by atoms with van der Waals surface area (Å²) in [7, 11) is 0. The van der Waals surface area contributed by atoms with E-state index in [0.717, 1.165) is 0 Å². The van der Waals surface area contributed by atoms with Crippen molar-refractivity contribution in [1.82, 2.24) is 0 Å². The predicted octanol–water partition coefficient (Wildman–Crippen LogP) is 2.11. The molecule has 2 saturated heterocycles. The van der Waals surface area contributed by atoms with E-state index in [9.17, 15) is 24.9 Å². The van der Waals surface area contributed by atoms with Crippen LogP contribution < -0.4 is 0 Å². The third-order valence-corrected chi connectivity index (χ3v) is 10.3. The largest absolute Gasteiger partial charge is 0.457 e. The highest BCUT2D eigenvalue weighted by atomic mass is 16.6. The number of benzene rings is 1. The van der Waals surface area contributed by atoms with Gasteiger partial charge in [-0.1, -0.05) is 20.4 Å². The average Bonchev–Trinajstić information content (AvgIpc) is 2.97. The summed E-state index contributed by atoms with van der Waals surface area (Å²) in [5.74, 6) is -5.04. The maximum absolute atomic E-state index is 14.1. The second kappa shape index (κ2) is 7.26. The lowest BCUT2D eigenvalue weighted by atomic mass is 9.35. The van der Waals surface area contributed by atoms with Crippen LogP contribution in [-0.4, -0.2) is 57.8 Å². The number of hydrogen-bond acceptors (Lipinski definition) is 8. The number of fused-ring (bicyclic) bond motifs is 2. The van der Waals surface area contributed by atoms with E-state index in [1.807, 2.05) is 19.9 Å². The summed E-state index contributed by atoms with van der Waals surface area (Å²) in [6, 6.07) is 7.97. The standard InChI is InChI=1S/C28H31NO7/c1-14-17-8-9-18-26-13-35-28(34,22(32)20(26)25(2,3)11-10-19(26)30)27(18,21(14)31)23(17)36-24(33)16-6-4-15(12-29)5-7-16/h4-7,17-20,22-23,30,32,34H,1,8-11,13H2,2-3H3/t17-,18-,19-,20+,22-,23+,26+,27-,28+/m0/s1.